The molecule has 1 unspecified atom stereocenters. The van der Waals surface area contributed by atoms with Gasteiger partial charge in [0.25, 0.3) is 11.7 Å². The number of likely N-dealkylation sites (tertiary alicyclic amines) is 1. The molecule has 1 amide bonds. The zero-order valence-electron chi connectivity index (χ0n) is 21.5. The molecular weight excluding hydrogens is 460 g/mol. The molecule has 0 spiro atoms. The third-order valence-electron chi connectivity index (χ3n) is 6.52. The smallest absolute Gasteiger partial charge is 0.295 e. The zero-order valence-corrected chi connectivity index (χ0v) is 21.5. The third kappa shape index (κ3) is 4.19. The number of amides is 1. The Bertz CT molecular complexity index is 1360. The number of aliphatic hydroxyl groups is 1. The van der Waals surface area contributed by atoms with E-state index in [1.54, 1.807) is 35.7 Å². The predicted octanol–water partition coefficient (Wildman–Crippen LogP) is 3.34. The highest BCUT2D eigenvalue weighted by molar-refractivity contribution is 6.46. The van der Waals surface area contributed by atoms with Crippen LogP contribution in [0.3, 0.4) is 0 Å². The lowest BCUT2D eigenvalue weighted by Crippen LogP contribution is -2.32. The quantitative estimate of drug-likeness (QED) is 0.293. The first kappa shape index (κ1) is 25.2. The molecule has 1 aliphatic heterocycles. The molecule has 0 aliphatic carbocycles. The molecule has 2 aromatic heterocycles. The van der Waals surface area contributed by atoms with E-state index in [1.165, 1.54) is 19.1 Å². The Balaban J connectivity index is 1.97. The molecule has 190 valence electrons. The Hall–Kier alpha value is -3.85. The standard InChI is InChI=1S/C27H32N4O5/c1-16-10-8-14-30-21(17(2)28-26(16)30)23(32)20-22(18-11-7-12-19(35-5)25(18)36-6)31(27(34)24(20)33)15-9-13-29(3)4/h7-8,10-12,14,22,32H,9,13,15H2,1-6H3. The molecule has 1 atom stereocenters. The molecule has 1 saturated heterocycles. The highest BCUT2D eigenvalue weighted by atomic mass is 16.5. The lowest BCUT2D eigenvalue weighted by atomic mass is 9.95. The van der Waals surface area contributed by atoms with Gasteiger partial charge in [0.2, 0.25) is 0 Å². The maximum Gasteiger partial charge on any atom is 0.295 e. The number of aromatic nitrogens is 2. The fraction of sp³-hybridized carbons (Fsp3) is 0.370. The number of nitrogens with zero attached hydrogens (tertiary/aromatic N) is 4. The summed E-state index contributed by atoms with van der Waals surface area (Å²) in [5.74, 6) is -0.799. The number of ether oxygens (including phenoxy) is 2. The van der Waals surface area contributed by atoms with Crippen molar-refractivity contribution in [1.29, 1.82) is 0 Å². The summed E-state index contributed by atoms with van der Waals surface area (Å²) in [5, 5.41) is 11.7. The third-order valence-corrected chi connectivity index (χ3v) is 6.52. The van der Waals surface area contributed by atoms with Crippen molar-refractivity contribution in [3.8, 4) is 11.5 Å². The fourth-order valence-corrected chi connectivity index (χ4v) is 4.85. The minimum absolute atomic E-state index is 0.00260. The van der Waals surface area contributed by atoms with Crippen molar-refractivity contribution in [3.63, 3.8) is 0 Å². The van der Waals surface area contributed by atoms with Gasteiger partial charge < -0.3 is 24.4 Å². The van der Waals surface area contributed by atoms with Crippen LogP contribution in [0, 0.1) is 13.8 Å². The molecular formula is C27H32N4O5. The van der Waals surface area contributed by atoms with E-state index in [4.69, 9.17) is 9.47 Å². The molecule has 4 rings (SSSR count). The number of pyridine rings is 1. The summed E-state index contributed by atoms with van der Waals surface area (Å²) >= 11 is 0. The van der Waals surface area contributed by atoms with Crippen LogP contribution in [0.15, 0.2) is 42.1 Å². The van der Waals surface area contributed by atoms with Gasteiger partial charge in [-0.15, -0.1) is 0 Å². The van der Waals surface area contributed by atoms with Gasteiger partial charge in [-0.3, -0.25) is 14.0 Å². The van der Waals surface area contributed by atoms with Gasteiger partial charge >= 0.3 is 0 Å². The number of carbonyl (C=O) groups is 2. The highest BCUT2D eigenvalue weighted by Crippen LogP contribution is 2.45. The van der Waals surface area contributed by atoms with Crippen LogP contribution < -0.4 is 9.47 Å². The lowest BCUT2D eigenvalue weighted by molar-refractivity contribution is -0.140. The van der Waals surface area contributed by atoms with Crippen molar-refractivity contribution in [2.75, 3.05) is 41.4 Å². The molecule has 1 N–H and O–H groups in total. The van der Waals surface area contributed by atoms with Gasteiger partial charge in [-0.1, -0.05) is 18.2 Å². The first-order valence-electron chi connectivity index (χ1n) is 11.8. The van der Waals surface area contributed by atoms with Crippen LogP contribution in [0.2, 0.25) is 0 Å². The molecule has 3 aromatic rings. The van der Waals surface area contributed by atoms with Gasteiger partial charge in [-0.05, 0) is 58.6 Å². The first-order chi connectivity index (χ1) is 17.2. The van der Waals surface area contributed by atoms with E-state index in [0.29, 0.717) is 47.1 Å². The van der Waals surface area contributed by atoms with Crippen LogP contribution in [0.4, 0.5) is 0 Å². The zero-order chi connectivity index (χ0) is 26.1. The number of benzene rings is 1. The normalized spacial score (nSPS) is 17.4. The van der Waals surface area contributed by atoms with Crippen LogP contribution in [0.1, 0.15) is 35.0 Å². The van der Waals surface area contributed by atoms with E-state index < -0.39 is 17.7 Å². The van der Waals surface area contributed by atoms with Crippen LogP contribution in [-0.2, 0) is 9.59 Å². The predicted molar refractivity (Wildman–Crippen MR) is 136 cm³/mol. The average molecular weight is 493 g/mol. The maximum atomic E-state index is 13.5. The first-order valence-corrected chi connectivity index (χ1v) is 11.8. The van der Waals surface area contributed by atoms with Gasteiger partial charge in [-0.25, -0.2) is 4.98 Å². The van der Waals surface area contributed by atoms with Crippen molar-refractivity contribution in [1.82, 2.24) is 19.2 Å². The fourth-order valence-electron chi connectivity index (χ4n) is 4.85. The van der Waals surface area contributed by atoms with Gasteiger partial charge in [-0.2, -0.15) is 0 Å². The second-order valence-corrected chi connectivity index (χ2v) is 9.16. The Morgan fingerprint density at radius 1 is 1.11 bits per heavy atom. The number of carbonyl (C=O) groups excluding carboxylic acids is 2. The van der Waals surface area contributed by atoms with Crippen LogP contribution in [0.25, 0.3) is 11.4 Å². The van der Waals surface area contributed by atoms with Crippen LogP contribution >= 0.6 is 0 Å². The number of imidazole rings is 1. The maximum absolute atomic E-state index is 13.5. The number of hydrogen-bond donors (Lipinski definition) is 1. The summed E-state index contributed by atoms with van der Waals surface area (Å²) in [4.78, 5) is 34.9. The Labute approximate surface area is 210 Å². The summed E-state index contributed by atoms with van der Waals surface area (Å²) in [7, 11) is 6.94. The molecule has 9 heteroatoms. The molecule has 1 aromatic carbocycles. The molecule has 9 nitrogen and oxygen atoms in total. The van der Waals surface area contributed by atoms with Crippen LogP contribution in [0.5, 0.6) is 11.5 Å². The van der Waals surface area contributed by atoms with Gasteiger partial charge in [0.15, 0.2) is 17.3 Å². The van der Waals surface area contributed by atoms with Crippen molar-refractivity contribution >= 4 is 23.1 Å². The van der Waals surface area contributed by atoms with Gasteiger partial charge in [0, 0.05) is 18.3 Å². The van der Waals surface area contributed by atoms with Crippen molar-refractivity contribution in [3.05, 3.63) is 64.6 Å². The topological polar surface area (TPSA) is 96.6 Å². The largest absolute Gasteiger partial charge is 0.505 e. The average Bonchev–Trinajstić information content (AvgIpc) is 3.32. The summed E-state index contributed by atoms with van der Waals surface area (Å²) in [6.07, 6.45) is 2.43. The van der Waals surface area contributed by atoms with Gasteiger partial charge in [0.05, 0.1) is 31.5 Å². The monoisotopic (exact) mass is 492 g/mol. The highest BCUT2D eigenvalue weighted by Gasteiger charge is 2.47. The number of methoxy groups -OCH3 is 2. The number of aryl methyl sites for hydroxylation is 2. The molecule has 36 heavy (non-hydrogen) atoms. The van der Waals surface area contributed by atoms with E-state index >= 15 is 0 Å². The molecule has 0 saturated carbocycles. The number of fused-ring (bicyclic) bond motifs is 1. The number of hydrogen-bond acceptors (Lipinski definition) is 7. The summed E-state index contributed by atoms with van der Waals surface area (Å²) in [6.45, 7) is 4.76. The molecule has 0 radical (unpaired) electrons. The van der Waals surface area contributed by atoms with E-state index in [-0.39, 0.29) is 11.3 Å². The summed E-state index contributed by atoms with van der Waals surface area (Å²) < 4.78 is 12.9. The van der Waals surface area contributed by atoms with E-state index in [9.17, 15) is 14.7 Å². The Kier molecular flexibility index (Phi) is 7.03. The van der Waals surface area contributed by atoms with Crippen molar-refractivity contribution < 1.29 is 24.2 Å². The molecule has 1 aliphatic rings. The molecule has 0 bridgehead atoms. The Morgan fingerprint density at radius 2 is 1.86 bits per heavy atom. The summed E-state index contributed by atoms with van der Waals surface area (Å²) in [5.41, 5.74) is 3.10. The Morgan fingerprint density at radius 3 is 2.53 bits per heavy atom. The van der Waals surface area contributed by atoms with Gasteiger partial charge in [0.1, 0.15) is 11.3 Å². The minimum atomic E-state index is -0.855. The second-order valence-electron chi connectivity index (χ2n) is 9.16. The number of para-hydroxylation sites is 1. The number of aliphatic hydroxyl groups excluding tert-OH is 1. The number of rotatable bonds is 8. The second kappa shape index (κ2) is 10.0. The summed E-state index contributed by atoms with van der Waals surface area (Å²) in [6, 6.07) is 8.23. The molecule has 3 heterocycles. The van der Waals surface area contributed by atoms with Crippen molar-refractivity contribution in [2.45, 2.75) is 26.3 Å². The van der Waals surface area contributed by atoms with E-state index in [1.807, 2.05) is 38.1 Å². The van der Waals surface area contributed by atoms with E-state index in [0.717, 1.165) is 12.1 Å². The number of ketones is 1. The molecule has 1 fully saturated rings. The minimum Gasteiger partial charge on any atom is -0.505 e. The van der Waals surface area contributed by atoms with Crippen molar-refractivity contribution in [2.24, 2.45) is 0 Å². The SMILES string of the molecule is COc1cccc(C2C(=C(O)c3c(C)nc4c(C)cccn34)C(=O)C(=O)N2CCCN(C)C)c1OC. The lowest BCUT2D eigenvalue weighted by Gasteiger charge is -2.27. The number of Topliss-reactive ketones (excluding diaryl/α,β-unsaturated/α-hetero) is 1. The van der Waals surface area contributed by atoms with Crippen LogP contribution in [-0.4, -0.2) is 77.4 Å². The van der Waals surface area contributed by atoms with E-state index in [2.05, 4.69) is 4.98 Å².